The Morgan fingerprint density at radius 2 is 1.96 bits per heavy atom. The standard InChI is InChI=1S/C16H25N3O3.ClH/c1-11(2)15(17)16(21)19-10-14(20)18-8-7-12-5-4-6-13(9-12)22-3;/h4-6,9,11,15H,7-8,10,17H2,1-3H3,(H,18,20)(H,19,21);1H/t15-;/m0./s1. The molecular weight excluding hydrogens is 318 g/mol. The number of methoxy groups -OCH3 is 1. The fourth-order valence-corrected chi connectivity index (χ4v) is 1.82. The van der Waals surface area contributed by atoms with Gasteiger partial charge in [0.15, 0.2) is 0 Å². The Kier molecular flexibility index (Phi) is 10.0. The van der Waals surface area contributed by atoms with Crippen LogP contribution < -0.4 is 21.1 Å². The summed E-state index contributed by atoms with van der Waals surface area (Å²) in [5.74, 6) is 0.292. The molecule has 6 nitrogen and oxygen atoms in total. The predicted octanol–water partition coefficient (Wildman–Crippen LogP) is 0.875. The summed E-state index contributed by atoms with van der Waals surface area (Å²) in [4.78, 5) is 23.3. The van der Waals surface area contributed by atoms with Gasteiger partial charge in [0.25, 0.3) is 0 Å². The minimum Gasteiger partial charge on any atom is -0.497 e. The molecule has 1 aromatic rings. The predicted molar refractivity (Wildman–Crippen MR) is 92.8 cm³/mol. The van der Waals surface area contributed by atoms with Gasteiger partial charge >= 0.3 is 0 Å². The number of ether oxygens (including phenoxy) is 1. The van der Waals surface area contributed by atoms with Crippen molar-refractivity contribution in [2.45, 2.75) is 26.3 Å². The Balaban J connectivity index is 0.00000484. The first-order valence-corrected chi connectivity index (χ1v) is 7.37. The summed E-state index contributed by atoms with van der Waals surface area (Å²) < 4.78 is 5.14. The van der Waals surface area contributed by atoms with Crippen molar-refractivity contribution in [3.63, 3.8) is 0 Å². The fraction of sp³-hybridized carbons (Fsp3) is 0.500. The number of halogens is 1. The van der Waals surface area contributed by atoms with E-state index < -0.39 is 6.04 Å². The minimum atomic E-state index is -0.593. The number of carbonyl (C=O) groups is 2. The van der Waals surface area contributed by atoms with Crippen LogP contribution in [-0.4, -0.2) is 38.1 Å². The summed E-state index contributed by atoms with van der Waals surface area (Å²) in [5, 5.41) is 5.29. The second-order valence-corrected chi connectivity index (χ2v) is 5.44. The van der Waals surface area contributed by atoms with E-state index in [1.165, 1.54) is 0 Å². The maximum atomic E-state index is 11.7. The molecule has 0 radical (unpaired) electrons. The van der Waals surface area contributed by atoms with E-state index in [9.17, 15) is 9.59 Å². The zero-order valence-electron chi connectivity index (χ0n) is 13.8. The van der Waals surface area contributed by atoms with Gasteiger partial charge in [0.2, 0.25) is 11.8 Å². The average molecular weight is 344 g/mol. The Morgan fingerprint density at radius 3 is 2.57 bits per heavy atom. The monoisotopic (exact) mass is 343 g/mol. The Labute approximate surface area is 143 Å². The molecule has 0 aliphatic heterocycles. The lowest BCUT2D eigenvalue weighted by Gasteiger charge is -2.15. The van der Waals surface area contributed by atoms with E-state index in [1.54, 1.807) is 7.11 Å². The number of hydrogen-bond donors (Lipinski definition) is 3. The molecule has 7 heteroatoms. The number of carbonyl (C=O) groups excluding carboxylic acids is 2. The van der Waals surface area contributed by atoms with Crippen LogP contribution in [0.5, 0.6) is 5.75 Å². The topological polar surface area (TPSA) is 93.5 Å². The van der Waals surface area contributed by atoms with Crippen LogP contribution in [0.3, 0.4) is 0 Å². The van der Waals surface area contributed by atoms with Crippen LogP contribution in [-0.2, 0) is 16.0 Å². The molecule has 0 aromatic heterocycles. The molecule has 0 saturated heterocycles. The van der Waals surface area contributed by atoms with Crippen molar-refractivity contribution in [2.24, 2.45) is 11.7 Å². The van der Waals surface area contributed by atoms with E-state index in [2.05, 4.69) is 10.6 Å². The van der Waals surface area contributed by atoms with Gasteiger partial charge in [-0.15, -0.1) is 12.4 Å². The smallest absolute Gasteiger partial charge is 0.239 e. The second-order valence-electron chi connectivity index (χ2n) is 5.44. The van der Waals surface area contributed by atoms with Crippen molar-refractivity contribution in [3.8, 4) is 5.75 Å². The molecule has 0 heterocycles. The Morgan fingerprint density at radius 1 is 1.26 bits per heavy atom. The van der Waals surface area contributed by atoms with Crippen molar-refractivity contribution in [2.75, 3.05) is 20.2 Å². The molecular formula is C16H26ClN3O3. The highest BCUT2D eigenvalue weighted by atomic mass is 35.5. The van der Waals surface area contributed by atoms with Gasteiger partial charge in [-0.05, 0) is 30.0 Å². The molecule has 2 amide bonds. The average Bonchev–Trinajstić information content (AvgIpc) is 2.51. The van der Waals surface area contributed by atoms with Crippen molar-refractivity contribution < 1.29 is 14.3 Å². The Hall–Kier alpha value is -1.79. The fourth-order valence-electron chi connectivity index (χ4n) is 1.82. The number of rotatable bonds is 8. The van der Waals surface area contributed by atoms with Gasteiger partial charge in [-0.3, -0.25) is 9.59 Å². The van der Waals surface area contributed by atoms with Crippen LogP contribution in [0.2, 0.25) is 0 Å². The zero-order chi connectivity index (χ0) is 16.5. The molecule has 0 bridgehead atoms. The summed E-state index contributed by atoms with van der Waals surface area (Å²) >= 11 is 0. The molecule has 1 aromatic carbocycles. The molecule has 0 unspecified atom stereocenters. The lowest BCUT2D eigenvalue weighted by atomic mass is 10.1. The summed E-state index contributed by atoms with van der Waals surface area (Å²) in [6.07, 6.45) is 0.697. The summed E-state index contributed by atoms with van der Waals surface area (Å²) in [6.45, 7) is 4.16. The first kappa shape index (κ1) is 21.2. The van der Waals surface area contributed by atoms with E-state index >= 15 is 0 Å². The second kappa shape index (κ2) is 10.9. The first-order valence-electron chi connectivity index (χ1n) is 7.37. The zero-order valence-corrected chi connectivity index (χ0v) is 14.6. The molecule has 1 rings (SSSR count). The van der Waals surface area contributed by atoms with Gasteiger partial charge in [-0.1, -0.05) is 26.0 Å². The maximum Gasteiger partial charge on any atom is 0.239 e. The summed E-state index contributed by atoms with van der Waals surface area (Å²) in [5.41, 5.74) is 6.77. The molecule has 0 spiro atoms. The third kappa shape index (κ3) is 7.85. The molecule has 23 heavy (non-hydrogen) atoms. The summed E-state index contributed by atoms with van der Waals surface area (Å²) in [7, 11) is 1.62. The van der Waals surface area contributed by atoms with Crippen molar-refractivity contribution in [3.05, 3.63) is 29.8 Å². The van der Waals surface area contributed by atoms with Crippen molar-refractivity contribution in [1.82, 2.24) is 10.6 Å². The van der Waals surface area contributed by atoms with Crippen LogP contribution in [0.4, 0.5) is 0 Å². The van der Waals surface area contributed by atoms with Gasteiger partial charge in [-0.2, -0.15) is 0 Å². The van der Waals surface area contributed by atoms with Gasteiger partial charge in [-0.25, -0.2) is 0 Å². The van der Waals surface area contributed by atoms with Crippen LogP contribution in [0.25, 0.3) is 0 Å². The van der Waals surface area contributed by atoms with Crippen LogP contribution >= 0.6 is 12.4 Å². The SMILES string of the molecule is COc1cccc(CCNC(=O)CNC(=O)[C@@H](N)C(C)C)c1.Cl. The van der Waals surface area contributed by atoms with Crippen LogP contribution in [0, 0.1) is 5.92 Å². The third-order valence-electron chi connectivity index (χ3n) is 3.31. The van der Waals surface area contributed by atoms with Gasteiger partial charge in [0, 0.05) is 6.54 Å². The molecule has 130 valence electrons. The lowest BCUT2D eigenvalue weighted by molar-refractivity contribution is -0.127. The molecule has 4 N–H and O–H groups in total. The lowest BCUT2D eigenvalue weighted by Crippen LogP contribution is -2.47. The molecule has 0 aliphatic rings. The molecule has 0 saturated carbocycles. The maximum absolute atomic E-state index is 11.7. The normalized spacial score (nSPS) is 11.3. The van der Waals surface area contributed by atoms with Crippen molar-refractivity contribution >= 4 is 24.2 Å². The number of amides is 2. The number of nitrogens with one attached hydrogen (secondary N) is 2. The van der Waals surface area contributed by atoms with Gasteiger partial charge in [0.05, 0.1) is 19.7 Å². The quantitative estimate of drug-likeness (QED) is 0.653. The van der Waals surface area contributed by atoms with Crippen LogP contribution in [0.15, 0.2) is 24.3 Å². The first-order chi connectivity index (χ1) is 10.4. The number of benzene rings is 1. The third-order valence-corrected chi connectivity index (χ3v) is 3.31. The molecule has 1 atom stereocenters. The Bertz CT molecular complexity index is 509. The van der Waals surface area contributed by atoms with Crippen molar-refractivity contribution in [1.29, 1.82) is 0 Å². The van der Waals surface area contributed by atoms with E-state index in [1.807, 2.05) is 38.1 Å². The number of nitrogens with two attached hydrogens (primary N) is 1. The van der Waals surface area contributed by atoms with Gasteiger partial charge in [0.1, 0.15) is 5.75 Å². The molecule has 0 aliphatic carbocycles. The van der Waals surface area contributed by atoms with E-state index in [0.717, 1.165) is 11.3 Å². The van der Waals surface area contributed by atoms with E-state index in [4.69, 9.17) is 10.5 Å². The highest BCUT2D eigenvalue weighted by molar-refractivity contribution is 5.87. The van der Waals surface area contributed by atoms with Crippen LogP contribution in [0.1, 0.15) is 19.4 Å². The highest BCUT2D eigenvalue weighted by Crippen LogP contribution is 2.12. The largest absolute Gasteiger partial charge is 0.497 e. The minimum absolute atomic E-state index is 0. The van der Waals surface area contributed by atoms with Gasteiger partial charge < -0.3 is 21.1 Å². The highest BCUT2D eigenvalue weighted by Gasteiger charge is 2.17. The summed E-state index contributed by atoms with van der Waals surface area (Å²) in [6, 6.07) is 7.08. The van der Waals surface area contributed by atoms with E-state index in [0.29, 0.717) is 13.0 Å². The number of hydrogen-bond acceptors (Lipinski definition) is 4. The molecule has 0 fully saturated rings. The van der Waals surface area contributed by atoms with E-state index in [-0.39, 0.29) is 36.7 Å².